The maximum Gasteiger partial charge on any atom is 0.534 e. The van der Waals surface area contributed by atoms with E-state index in [9.17, 15) is 43.9 Å². The zero-order valence-corrected chi connectivity index (χ0v) is 13.9. The molecule has 27 heavy (non-hydrogen) atoms. The maximum absolute atomic E-state index is 13.2. The maximum atomic E-state index is 13.2. The standard InChI is InChI=1S/C14H10F7NO4S/c15-10-5-4-7(6-9(10)13(16,17)18)22-12(23)8-2-1-3-11(8)26-27(24,25)14(19,20)21/h4-6H,1-3H2,(H,22,23). The largest absolute Gasteiger partial charge is 0.534 e. The summed E-state index contributed by atoms with van der Waals surface area (Å²) >= 11 is 0. The predicted octanol–water partition coefficient (Wildman–Crippen LogP) is 4.09. The lowest BCUT2D eigenvalue weighted by Gasteiger charge is -2.13. The first-order valence-corrected chi connectivity index (χ1v) is 8.54. The summed E-state index contributed by atoms with van der Waals surface area (Å²) in [5.74, 6) is -3.48. The molecule has 0 saturated heterocycles. The van der Waals surface area contributed by atoms with Gasteiger partial charge < -0.3 is 9.50 Å². The van der Waals surface area contributed by atoms with Gasteiger partial charge in [0.15, 0.2) is 0 Å². The van der Waals surface area contributed by atoms with Crippen molar-refractivity contribution in [2.75, 3.05) is 5.32 Å². The van der Waals surface area contributed by atoms with Crippen LogP contribution in [0.2, 0.25) is 0 Å². The summed E-state index contributed by atoms with van der Waals surface area (Å²) in [6, 6.07) is 1.56. The molecule has 2 rings (SSSR count). The van der Waals surface area contributed by atoms with Gasteiger partial charge in [-0.25, -0.2) is 4.39 Å². The fourth-order valence-electron chi connectivity index (χ4n) is 2.25. The Balaban J connectivity index is 2.27. The van der Waals surface area contributed by atoms with Crippen molar-refractivity contribution in [1.29, 1.82) is 0 Å². The van der Waals surface area contributed by atoms with Gasteiger partial charge in [0, 0.05) is 12.1 Å². The van der Waals surface area contributed by atoms with E-state index in [-0.39, 0.29) is 19.3 Å². The third-order valence-electron chi connectivity index (χ3n) is 3.46. The molecular weight excluding hydrogens is 411 g/mol. The number of amides is 1. The van der Waals surface area contributed by atoms with E-state index in [1.54, 1.807) is 0 Å². The Bertz CT molecular complexity index is 888. The number of hydrogen-bond acceptors (Lipinski definition) is 4. The van der Waals surface area contributed by atoms with Crippen LogP contribution < -0.4 is 5.32 Å². The van der Waals surface area contributed by atoms with Gasteiger partial charge in [-0.05, 0) is 31.0 Å². The van der Waals surface area contributed by atoms with Crippen LogP contribution in [0.5, 0.6) is 0 Å². The van der Waals surface area contributed by atoms with E-state index >= 15 is 0 Å². The molecule has 1 aliphatic carbocycles. The first-order chi connectivity index (χ1) is 12.2. The molecule has 1 aliphatic rings. The quantitative estimate of drug-likeness (QED) is 0.452. The van der Waals surface area contributed by atoms with Crippen LogP contribution in [0.3, 0.4) is 0 Å². The molecule has 0 saturated carbocycles. The van der Waals surface area contributed by atoms with Crippen LogP contribution in [-0.2, 0) is 25.3 Å². The molecule has 0 bridgehead atoms. The van der Waals surface area contributed by atoms with Gasteiger partial charge in [-0.15, -0.1) is 0 Å². The molecule has 0 unspecified atom stereocenters. The lowest BCUT2D eigenvalue weighted by atomic mass is 10.1. The van der Waals surface area contributed by atoms with Crippen molar-refractivity contribution in [3.05, 3.63) is 40.9 Å². The Morgan fingerprint density at radius 3 is 2.26 bits per heavy atom. The molecule has 0 fully saturated rings. The second kappa shape index (κ2) is 7.02. The normalized spacial score (nSPS) is 15.8. The first kappa shape index (κ1) is 21.0. The Hall–Kier alpha value is -2.31. The van der Waals surface area contributed by atoms with Crippen molar-refractivity contribution in [2.45, 2.75) is 30.9 Å². The molecule has 0 radical (unpaired) electrons. The molecule has 1 aromatic carbocycles. The van der Waals surface area contributed by atoms with Gasteiger partial charge in [-0.2, -0.15) is 34.8 Å². The fourth-order valence-corrected chi connectivity index (χ4v) is 2.80. The lowest BCUT2D eigenvalue weighted by molar-refractivity contribution is -0.140. The second-order valence-corrected chi connectivity index (χ2v) is 6.92. The van der Waals surface area contributed by atoms with Crippen LogP contribution in [0.15, 0.2) is 29.5 Å². The number of halogens is 7. The topological polar surface area (TPSA) is 72.5 Å². The molecular formula is C14H10F7NO4S. The minimum Gasteiger partial charge on any atom is -0.380 e. The third kappa shape index (κ3) is 4.70. The second-order valence-electron chi connectivity index (χ2n) is 5.38. The van der Waals surface area contributed by atoms with Crippen LogP contribution in [0.1, 0.15) is 24.8 Å². The lowest BCUT2D eigenvalue weighted by Crippen LogP contribution is -2.26. The summed E-state index contributed by atoms with van der Waals surface area (Å²) in [5.41, 5.74) is -8.30. The smallest absolute Gasteiger partial charge is 0.380 e. The minimum atomic E-state index is -5.99. The first-order valence-electron chi connectivity index (χ1n) is 7.13. The SMILES string of the molecule is O=C(Nc1ccc(F)c(C(F)(F)F)c1)C1=C(OS(=O)(=O)C(F)(F)F)CCC1. The average molecular weight is 421 g/mol. The zero-order valence-electron chi connectivity index (χ0n) is 13.0. The van der Waals surface area contributed by atoms with E-state index in [2.05, 4.69) is 4.18 Å². The number of rotatable bonds is 4. The molecule has 1 aromatic rings. The molecule has 0 spiro atoms. The van der Waals surface area contributed by atoms with E-state index in [4.69, 9.17) is 0 Å². The van der Waals surface area contributed by atoms with Crippen molar-refractivity contribution in [1.82, 2.24) is 0 Å². The Labute approximate surface area is 147 Å². The van der Waals surface area contributed by atoms with Gasteiger partial charge in [0.2, 0.25) is 0 Å². The number of alkyl halides is 6. The number of carbonyl (C=O) groups excluding carboxylic acids is 1. The van der Waals surface area contributed by atoms with Gasteiger partial charge in [-0.1, -0.05) is 0 Å². The van der Waals surface area contributed by atoms with Crippen LogP contribution in [0, 0.1) is 5.82 Å². The number of allylic oxidation sites excluding steroid dienone is 1. The number of carbonyl (C=O) groups is 1. The highest BCUT2D eigenvalue weighted by molar-refractivity contribution is 7.87. The molecule has 13 heteroatoms. The third-order valence-corrected chi connectivity index (χ3v) is 4.45. The summed E-state index contributed by atoms with van der Waals surface area (Å²) in [6.07, 6.45) is -5.37. The minimum absolute atomic E-state index is 0.0999. The highest BCUT2D eigenvalue weighted by atomic mass is 32.2. The van der Waals surface area contributed by atoms with Crippen molar-refractivity contribution >= 4 is 21.7 Å². The van der Waals surface area contributed by atoms with Gasteiger partial charge >= 0.3 is 21.8 Å². The highest BCUT2D eigenvalue weighted by Gasteiger charge is 2.49. The van der Waals surface area contributed by atoms with Crippen molar-refractivity contribution in [3.8, 4) is 0 Å². The van der Waals surface area contributed by atoms with Crippen LogP contribution in [0.4, 0.5) is 36.4 Å². The van der Waals surface area contributed by atoms with E-state index < -0.39 is 56.1 Å². The summed E-state index contributed by atoms with van der Waals surface area (Å²) in [5, 5.41) is 1.96. The molecule has 1 N–H and O–H groups in total. The number of hydrogen-bond donors (Lipinski definition) is 1. The molecule has 0 atom stereocenters. The van der Waals surface area contributed by atoms with Gasteiger partial charge in [-0.3, -0.25) is 4.79 Å². The number of anilines is 1. The summed E-state index contributed by atoms with van der Waals surface area (Å²) in [7, 11) is -5.99. The van der Waals surface area contributed by atoms with Crippen LogP contribution >= 0.6 is 0 Å². The Morgan fingerprint density at radius 1 is 1.07 bits per heavy atom. The fraction of sp³-hybridized carbons (Fsp3) is 0.357. The van der Waals surface area contributed by atoms with Crippen molar-refractivity contribution < 1.29 is 48.1 Å². The monoisotopic (exact) mass is 421 g/mol. The summed E-state index contributed by atoms with van der Waals surface area (Å²) < 4.78 is 114. The summed E-state index contributed by atoms with van der Waals surface area (Å²) in [4.78, 5) is 12.1. The van der Waals surface area contributed by atoms with Gasteiger partial charge in [0.1, 0.15) is 11.6 Å². The van der Waals surface area contributed by atoms with Crippen molar-refractivity contribution in [3.63, 3.8) is 0 Å². The van der Waals surface area contributed by atoms with E-state index in [0.29, 0.717) is 12.1 Å². The highest BCUT2D eigenvalue weighted by Crippen LogP contribution is 2.35. The van der Waals surface area contributed by atoms with E-state index in [1.165, 1.54) is 0 Å². The molecule has 0 heterocycles. The number of nitrogens with one attached hydrogen (secondary N) is 1. The van der Waals surface area contributed by atoms with E-state index in [0.717, 1.165) is 6.07 Å². The Morgan fingerprint density at radius 2 is 1.70 bits per heavy atom. The van der Waals surface area contributed by atoms with Crippen LogP contribution in [-0.4, -0.2) is 19.8 Å². The zero-order chi connectivity index (χ0) is 20.6. The molecule has 5 nitrogen and oxygen atoms in total. The number of benzene rings is 1. The molecule has 1 amide bonds. The van der Waals surface area contributed by atoms with Gasteiger partial charge in [0.05, 0.1) is 11.1 Å². The molecule has 0 aliphatic heterocycles. The summed E-state index contributed by atoms with van der Waals surface area (Å²) in [6.45, 7) is 0. The van der Waals surface area contributed by atoms with Crippen molar-refractivity contribution in [2.24, 2.45) is 0 Å². The van der Waals surface area contributed by atoms with E-state index in [1.807, 2.05) is 5.32 Å². The molecule has 0 aromatic heterocycles. The van der Waals surface area contributed by atoms with Gasteiger partial charge in [0.25, 0.3) is 5.91 Å². The Kier molecular flexibility index (Phi) is 5.46. The molecule has 150 valence electrons. The average Bonchev–Trinajstić information content (AvgIpc) is 2.94. The predicted molar refractivity (Wildman–Crippen MR) is 77.0 cm³/mol. The van der Waals surface area contributed by atoms with Crippen LogP contribution in [0.25, 0.3) is 0 Å².